The van der Waals surface area contributed by atoms with Crippen molar-refractivity contribution >= 4 is 17.7 Å². The van der Waals surface area contributed by atoms with Gasteiger partial charge in [-0.2, -0.15) is 0 Å². The second kappa shape index (κ2) is 6.30. The van der Waals surface area contributed by atoms with E-state index in [0.29, 0.717) is 11.8 Å². The zero-order valence-electron chi connectivity index (χ0n) is 9.72. The fourth-order valence-electron chi connectivity index (χ4n) is 0.773. The Morgan fingerprint density at radius 1 is 1.50 bits per heavy atom. The summed E-state index contributed by atoms with van der Waals surface area (Å²) in [5, 5.41) is 3.11. The molecule has 1 N–H and O–H groups in total. The molecule has 0 aromatic rings. The molecule has 0 rings (SSSR count). The van der Waals surface area contributed by atoms with Gasteiger partial charge in [-0.25, -0.2) is 0 Å². The monoisotopic (exact) mass is 219 g/mol. The van der Waals surface area contributed by atoms with Crippen LogP contribution in [0.3, 0.4) is 0 Å². The Kier molecular flexibility index (Phi) is 6.20. The average molecular weight is 219 g/mol. The van der Waals surface area contributed by atoms with Gasteiger partial charge in [0.15, 0.2) is 0 Å². The van der Waals surface area contributed by atoms with Crippen LogP contribution in [0.15, 0.2) is 0 Å². The minimum absolute atomic E-state index is 0.134. The maximum absolute atomic E-state index is 11.3. The zero-order chi connectivity index (χ0) is 11.2. The largest absolute Gasteiger partial charge is 0.459 e. The van der Waals surface area contributed by atoms with Crippen molar-refractivity contribution in [2.75, 3.05) is 18.6 Å². The van der Waals surface area contributed by atoms with Crippen LogP contribution in [0.2, 0.25) is 0 Å². The number of thioether (sulfide) groups is 1. The summed E-state index contributed by atoms with van der Waals surface area (Å²) >= 11 is 1.60. The molecule has 14 heavy (non-hydrogen) atoms. The highest BCUT2D eigenvalue weighted by molar-refractivity contribution is 7.99. The van der Waals surface area contributed by atoms with Gasteiger partial charge in [0.1, 0.15) is 5.60 Å². The van der Waals surface area contributed by atoms with E-state index in [0.717, 1.165) is 5.75 Å². The van der Waals surface area contributed by atoms with Crippen molar-refractivity contribution in [1.82, 2.24) is 5.32 Å². The summed E-state index contributed by atoms with van der Waals surface area (Å²) in [7, 11) is 1.92. The predicted molar refractivity (Wildman–Crippen MR) is 61.7 cm³/mol. The number of hydrogen-bond donors (Lipinski definition) is 1. The molecule has 0 aromatic carbocycles. The van der Waals surface area contributed by atoms with Gasteiger partial charge >= 0.3 is 5.97 Å². The van der Waals surface area contributed by atoms with Gasteiger partial charge in [-0.3, -0.25) is 4.79 Å². The summed E-state index contributed by atoms with van der Waals surface area (Å²) in [4.78, 5) is 11.3. The average Bonchev–Trinajstić information content (AvgIpc) is 2.00. The van der Waals surface area contributed by atoms with Gasteiger partial charge in [-0.15, -0.1) is 11.8 Å². The predicted octanol–water partition coefficient (Wildman–Crippen LogP) is 1.67. The number of ether oxygens (including phenoxy) is 1. The molecule has 0 fully saturated rings. The number of carbonyl (C=O) groups is 1. The molecule has 0 saturated carbocycles. The third-order valence-corrected chi connectivity index (χ3v) is 2.68. The van der Waals surface area contributed by atoms with E-state index in [9.17, 15) is 4.79 Å². The van der Waals surface area contributed by atoms with Crippen LogP contribution in [0.5, 0.6) is 0 Å². The molecule has 0 saturated heterocycles. The van der Waals surface area contributed by atoms with Crippen molar-refractivity contribution in [3.8, 4) is 0 Å². The quantitative estimate of drug-likeness (QED) is 0.714. The number of esters is 1. The summed E-state index contributed by atoms with van der Waals surface area (Å²) in [5.74, 6) is 1.23. The molecule has 0 spiro atoms. The van der Waals surface area contributed by atoms with Crippen LogP contribution in [-0.2, 0) is 9.53 Å². The molecule has 1 unspecified atom stereocenters. The Labute approximate surface area is 91.0 Å². The summed E-state index contributed by atoms with van der Waals surface area (Å²) < 4.78 is 5.17. The first-order chi connectivity index (χ1) is 6.35. The van der Waals surface area contributed by atoms with Gasteiger partial charge in [0.2, 0.25) is 0 Å². The number of rotatable bonds is 5. The highest BCUT2D eigenvalue weighted by Gasteiger charge is 2.15. The van der Waals surface area contributed by atoms with Crippen LogP contribution in [0.4, 0.5) is 0 Å². The van der Waals surface area contributed by atoms with Crippen molar-refractivity contribution in [1.29, 1.82) is 0 Å². The van der Waals surface area contributed by atoms with Crippen LogP contribution >= 0.6 is 11.8 Å². The van der Waals surface area contributed by atoms with E-state index in [1.165, 1.54) is 0 Å². The van der Waals surface area contributed by atoms with Gasteiger partial charge in [-0.05, 0) is 34.7 Å². The van der Waals surface area contributed by atoms with Crippen LogP contribution < -0.4 is 5.32 Å². The molecule has 0 bridgehead atoms. The Balaban J connectivity index is 3.55. The van der Waals surface area contributed by atoms with Crippen molar-refractivity contribution in [3.63, 3.8) is 0 Å². The van der Waals surface area contributed by atoms with Crippen LogP contribution in [0, 0.1) is 0 Å². The molecule has 1 atom stereocenters. The number of nitrogens with one attached hydrogen (secondary N) is 1. The molecular formula is C10H21NO2S. The van der Waals surface area contributed by atoms with Crippen molar-refractivity contribution < 1.29 is 9.53 Å². The third kappa shape index (κ3) is 8.38. The second-order valence-electron chi connectivity index (χ2n) is 4.29. The third-order valence-electron chi connectivity index (χ3n) is 1.50. The van der Waals surface area contributed by atoms with E-state index in [-0.39, 0.29) is 11.6 Å². The topological polar surface area (TPSA) is 38.3 Å². The standard InChI is InChI=1S/C10H21NO2S/c1-8(11-5)6-14-7-9(12)13-10(2,3)4/h8,11H,6-7H2,1-5H3. The van der Waals surface area contributed by atoms with E-state index in [2.05, 4.69) is 12.2 Å². The highest BCUT2D eigenvalue weighted by atomic mass is 32.2. The van der Waals surface area contributed by atoms with Gasteiger partial charge < -0.3 is 10.1 Å². The first-order valence-corrected chi connectivity index (χ1v) is 5.97. The number of carbonyl (C=O) groups excluding carboxylic acids is 1. The summed E-state index contributed by atoms with van der Waals surface area (Å²) in [5.41, 5.74) is -0.369. The van der Waals surface area contributed by atoms with Gasteiger partial charge in [0, 0.05) is 11.8 Å². The maximum atomic E-state index is 11.3. The van der Waals surface area contributed by atoms with E-state index in [1.54, 1.807) is 11.8 Å². The van der Waals surface area contributed by atoms with Crippen LogP contribution in [0.1, 0.15) is 27.7 Å². The molecule has 0 aliphatic heterocycles. The molecule has 0 radical (unpaired) electrons. The molecular weight excluding hydrogens is 198 g/mol. The van der Waals surface area contributed by atoms with E-state index < -0.39 is 0 Å². The van der Waals surface area contributed by atoms with Crippen LogP contribution in [-0.4, -0.2) is 36.2 Å². The molecule has 0 aliphatic rings. The Morgan fingerprint density at radius 2 is 2.07 bits per heavy atom. The first-order valence-electron chi connectivity index (χ1n) is 4.82. The lowest BCUT2D eigenvalue weighted by Gasteiger charge is -2.19. The fourth-order valence-corrected chi connectivity index (χ4v) is 1.64. The summed E-state index contributed by atoms with van der Waals surface area (Å²) in [6.45, 7) is 7.73. The van der Waals surface area contributed by atoms with Crippen molar-refractivity contribution in [3.05, 3.63) is 0 Å². The Morgan fingerprint density at radius 3 is 2.50 bits per heavy atom. The van der Waals surface area contributed by atoms with Crippen molar-refractivity contribution in [2.45, 2.75) is 39.3 Å². The summed E-state index contributed by atoms with van der Waals surface area (Å²) in [6, 6.07) is 0.433. The lowest BCUT2D eigenvalue weighted by molar-refractivity contribution is -0.151. The van der Waals surface area contributed by atoms with E-state index >= 15 is 0 Å². The molecule has 0 aromatic heterocycles. The lowest BCUT2D eigenvalue weighted by Crippen LogP contribution is -2.27. The van der Waals surface area contributed by atoms with Gasteiger partial charge in [0.25, 0.3) is 0 Å². The lowest BCUT2D eigenvalue weighted by atomic mass is 10.2. The molecule has 3 nitrogen and oxygen atoms in total. The first kappa shape index (κ1) is 13.8. The fraction of sp³-hybridized carbons (Fsp3) is 0.900. The summed E-state index contributed by atoms with van der Waals surface area (Å²) in [6.07, 6.45) is 0. The van der Waals surface area contributed by atoms with Gasteiger partial charge in [0.05, 0.1) is 5.75 Å². The Bertz CT molecular complexity index is 177. The van der Waals surface area contributed by atoms with Crippen molar-refractivity contribution in [2.24, 2.45) is 0 Å². The molecule has 84 valence electrons. The number of hydrogen-bond acceptors (Lipinski definition) is 4. The van der Waals surface area contributed by atoms with E-state index in [4.69, 9.17) is 4.74 Å². The van der Waals surface area contributed by atoms with E-state index in [1.807, 2.05) is 27.8 Å². The highest BCUT2D eigenvalue weighted by Crippen LogP contribution is 2.10. The smallest absolute Gasteiger partial charge is 0.316 e. The minimum Gasteiger partial charge on any atom is -0.459 e. The molecule has 0 amide bonds. The molecule has 4 heteroatoms. The van der Waals surface area contributed by atoms with Gasteiger partial charge in [-0.1, -0.05) is 0 Å². The normalized spacial score (nSPS) is 13.8. The molecule has 0 heterocycles. The second-order valence-corrected chi connectivity index (χ2v) is 5.32. The minimum atomic E-state index is -0.369. The van der Waals surface area contributed by atoms with Crippen LogP contribution in [0.25, 0.3) is 0 Å². The Hall–Kier alpha value is -0.220. The molecule has 0 aliphatic carbocycles. The maximum Gasteiger partial charge on any atom is 0.316 e. The SMILES string of the molecule is CNC(C)CSCC(=O)OC(C)(C)C. The zero-order valence-corrected chi connectivity index (χ0v) is 10.5.